The average Bonchev–Trinajstić information content (AvgIpc) is 2.43. The molecule has 0 aromatic rings. The Hall–Kier alpha value is -0.610. The van der Waals surface area contributed by atoms with Gasteiger partial charge in [0.15, 0.2) is 0 Å². The summed E-state index contributed by atoms with van der Waals surface area (Å²) < 4.78 is 0. The molecule has 1 heterocycles. The Labute approximate surface area is 106 Å². The van der Waals surface area contributed by atoms with Crippen molar-refractivity contribution in [3.05, 3.63) is 0 Å². The van der Waals surface area contributed by atoms with Crippen molar-refractivity contribution in [3.63, 3.8) is 0 Å². The molecule has 0 spiro atoms. The van der Waals surface area contributed by atoms with Gasteiger partial charge >= 0.3 is 0 Å². The van der Waals surface area contributed by atoms with Crippen molar-refractivity contribution in [1.82, 2.24) is 9.80 Å². The molecule has 0 aromatic heterocycles. The first kappa shape index (κ1) is 14.5. The van der Waals surface area contributed by atoms with E-state index in [0.29, 0.717) is 5.84 Å². The Morgan fingerprint density at radius 2 is 1.94 bits per heavy atom. The molecule has 4 nitrogen and oxygen atoms in total. The standard InChI is InChI=1S/C13H28N4/c1-13(2,12(14)15)6-4-8-17-9-5-7-16(3)10-11-17/h4-11H2,1-3H3,(H3,14,15). The van der Waals surface area contributed by atoms with Crippen LogP contribution in [-0.2, 0) is 0 Å². The van der Waals surface area contributed by atoms with Crippen LogP contribution in [-0.4, -0.2) is 55.4 Å². The maximum Gasteiger partial charge on any atom is 0.0963 e. The molecule has 0 radical (unpaired) electrons. The molecule has 1 aliphatic rings. The van der Waals surface area contributed by atoms with E-state index in [-0.39, 0.29) is 5.41 Å². The Bertz CT molecular complexity index is 250. The number of nitrogens with one attached hydrogen (secondary N) is 1. The van der Waals surface area contributed by atoms with Crippen LogP contribution in [0.1, 0.15) is 33.1 Å². The minimum atomic E-state index is -0.136. The number of hydrogen-bond acceptors (Lipinski definition) is 3. The van der Waals surface area contributed by atoms with Gasteiger partial charge in [-0.15, -0.1) is 0 Å². The molecule has 100 valence electrons. The van der Waals surface area contributed by atoms with Crippen molar-refractivity contribution in [1.29, 1.82) is 5.41 Å². The molecule has 0 aliphatic carbocycles. The topological polar surface area (TPSA) is 56.4 Å². The van der Waals surface area contributed by atoms with Crippen LogP contribution >= 0.6 is 0 Å². The SMILES string of the molecule is CN1CCCN(CCCC(C)(C)C(=N)N)CC1. The molecule has 1 fully saturated rings. The van der Waals surface area contributed by atoms with Crippen molar-refractivity contribution in [2.45, 2.75) is 33.1 Å². The lowest BCUT2D eigenvalue weighted by Crippen LogP contribution is -2.33. The highest BCUT2D eigenvalue weighted by Gasteiger charge is 2.21. The van der Waals surface area contributed by atoms with E-state index in [0.717, 1.165) is 19.4 Å². The third-order valence-electron chi connectivity index (χ3n) is 3.82. The Kier molecular flexibility index (Phi) is 5.40. The van der Waals surface area contributed by atoms with Crippen LogP contribution in [0.2, 0.25) is 0 Å². The summed E-state index contributed by atoms with van der Waals surface area (Å²) in [5.74, 6) is 0.313. The number of amidine groups is 1. The molecular formula is C13H28N4. The molecule has 1 rings (SSSR count). The van der Waals surface area contributed by atoms with Gasteiger partial charge in [0.25, 0.3) is 0 Å². The number of rotatable bonds is 5. The van der Waals surface area contributed by atoms with Crippen LogP contribution in [0, 0.1) is 10.8 Å². The molecule has 3 N–H and O–H groups in total. The van der Waals surface area contributed by atoms with Crippen molar-refractivity contribution in [2.24, 2.45) is 11.1 Å². The zero-order valence-electron chi connectivity index (χ0n) is 11.6. The van der Waals surface area contributed by atoms with Crippen LogP contribution in [0.5, 0.6) is 0 Å². The first-order valence-electron chi connectivity index (χ1n) is 6.67. The third-order valence-corrected chi connectivity index (χ3v) is 3.82. The van der Waals surface area contributed by atoms with E-state index in [4.69, 9.17) is 11.1 Å². The molecule has 0 saturated carbocycles. The number of hydrogen-bond donors (Lipinski definition) is 2. The Morgan fingerprint density at radius 3 is 2.59 bits per heavy atom. The molecular weight excluding hydrogens is 212 g/mol. The van der Waals surface area contributed by atoms with Crippen LogP contribution in [0.15, 0.2) is 0 Å². The lowest BCUT2D eigenvalue weighted by Gasteiger charge is -2.25. The lowest BCUT2D eigenvalue weighted by atomic mass is 9.86. The zero-order chi connectivity index (χ0) is 12.9. The van der Waals surface area contributed by atoms with Crippen molar-refractivity contribution in [2.75, 3.05) is 39.8 Å². The van der Waals surface area contributed by atoms with Crippen LogP contribution in [0.25, 0.3) is 0 Å². The first-order valence-corrected chi connectivity index (χ1v) is 6.67. The summed E-state index contributed by atoms with van der Waals surface area (Å²) in [6, 6.07) is 0. The summed E-state index contributed by atoms with van der Waals surface area (Å²) in [6.07, 6.45) is 3.41. The minimum absolute atomic E-state index is 0.136. The highest BCUT2D eigenvalue weighted by molar-refractivity contribution is 5.82. The molecule has 0 atom stereocenters. The second kappa shape index (κ2) is 6.36. The van der Waals surface area contributed by atoms with Gasteiger partial charge in [0.05, 0.1) is 5.84 Å². The summed E-state index contributed by atoms with van der Waals surface area (Å²) in [5, 5.41) is 7.54. The van der Waals surface area contributed by atoms with Gasteiger partial charge in [-0.1, -0.05) is 13.8 Å². The predicted octanol–water partition coefficient (Wildman–Crippen LogP) is 1.37. The molecule has 0 aromatic carbocycles. The third kappa shape index (κ3) is 5.04. The normalized spacial score (nSPS) is 20.2. The number of nitrogens with zero attached hydrogens (tertiary/aromatic N) is 2. The fourth-order valence-corrected chi connectivity index (χ4v) is 2.20. The fourth-order valence-electron chi connectivity index (χ4n) is 2.20. The second-order valence-electron chi connectivity index (χ2n) is 5.90. The van der Waals surface area contributed by atoms with Crippen LogP contribution < -0.4 is 5.73 Å². The van der Waals surface area contributed by atoms with E-state index in [1.165, 1.54) is 32.6 Å². The zero-order valence-corrected chi connectivity index (χ0v) is 11.6. The molecule has 4 heteroatoms. The molecule has 0 unspecified atom stereocenters. The number of likely N-dealkylation sites (N-methyl/N-ethyl adjacent to an activating group) is 1. The Morgan fingerprint density at radius 1 is 1.24 bits per heavy atom. The van der Waals surface area contributed by atoms with Crippen LogP contribution in [0.4, 0.5) is 0 Å². The molecule has 17 heavy (non-hydrogen) atoms. The maximum absolute atomic E-state index is 7.54. The summed E-state index contributed by atoms with van der Waals surface area (Å²) in [7, 11) is 2.20. The second-order valence-corrected chi connectivity index (χ2v) is 5.90. The molecule has 0 bridgehead atoms. The minimum Gasteiger partial charge on any atom is -0.387 e. The average molecular weight is 240 g/mol. The van der Waals surface area contributed by atoms with Gasteiger partial charge in [0.2, 0.25) is 0 Å². The van der Waals surface area contributed by atoms with E-state index in [9.17, 15) is 0 Å². The largest absolute Gasteiger partial charge is 0.387 e. The Balaban J connectivity index is 2.24. The van der Waals surface area contributed by atoms with Gasteiger partial charge < -0.3 is 15.5 Å². The fraction of sp³-hybridized carbons (Fsp3) is 0.923. The quantitative estimate of drug-likeness (QED) is 0.563. The van der Waals surface area contributed by atoms with E-state index in [1.807, 2.05) is 0 Å². The van der Waals surface area contributed by atoms with E-state index < -0.39 is 0 Å². The summed E-state index contributed by atoms with van der Waals surface area (Å²) in [5.41, 5.74) is 5.46. The van der Waals surface area contributed by atoms with Crippen molar-refractivity contribution >= 4 is 5.84 Å². The van der Waals surface area contributed by atoms with E-state index in [2.05, 4.69) is 30.7 Å². The number of nitrogens with two attached hydrogens (primary N) is 1. The van der Waals surface area contributed by atoms with Gasteiger partial charge in [0, 0.05) is 18.5 Å². The molecule has 0 amide bonds. The summed E-state index contributed by atoms with van der Waals surface area (Å²) in [6.45, 7) is 10.1. The van der Waals surface area contributed by atoms with E-state index in [1.54, 1.807) is 0 Å². The van der Waals surface area contributed by atoms with Gasteiger partial charge in [0.1, 0.15) is 0 Å². The van der Waals surface area contributed by atoms with Gasteiger partial charge in [-0.2, -0.15) is 0 Å². The monoisotopic (exact) mass is 240 g/mol. The lowest BCUT2D eigenvalue weighted by molar-refractivity contribution is 0.261. The van der Waals surface area contributed by atoms with E-state index >= 15 is 0 Å². The predicted molar refractivity (Wildman–Crippen MR) is 73.5 cm³/mol. The maximum atomic E-state index is 7.54. The highest BCUT2D eigenvalue weighted by atomic mass is 15.2. The molecule has 1 aliphatic heterocycles. The van der Waals surface area contributed by atoms with Gasteiger partial charge in [-0.3, -0.25) is 5.41 Å². The van der Waals surface area contributed by atoms with Crippen LogP contribution in [0.3, 0.4) is 0 Å². The molecule has 1 saturated heterocycles. The first-order chi connectivity index (χ1) is 7.92. The van der Waals surface area contributed by atoms with Gasteiger partial charge in [-0.05, 0) is 45.9 Å². The van der Waals surface area contributed by atoms with Crippen molar-refractivity contribution in [3.8, 4) is 0 Å². The summed E-state index contributed by atoms with van der Waals surface area (Å²) in [4.78, 5) is 4.94. The smallest absolute Gasteiger partial charge is 0.0963 e. The van der Waals surface area contributed by atoms with Crippen molar-refractivity contribution < 1.29 is 0 Å². The van der Waals surface area contributed by atoms with Gasteiger partial charge in [-0.25, -0.2) is 0 Å². The highest BCUT2D eigenvalue weighted by Crippen LogP contribution is 2.21. The summed E-state index contributed by atoms with van der Waals surface area (Å²) >= 11 is 0.